The molecule has 0 aromatic carbocycles. The molecule has 0 spiro atoms. The number of aliphatic hydroxyl groups is 1. The predicted molar refractivity (Wildman–Crippen MR) is 209 cm³/mol. The number of nitrogens with zero attached hydrogens (tertiary/aromatic N) is 1. The first-order chi connectivity index (χ1) is 23.8. The number of hydrogen-bond acceptors (Lipinski definition) is 5. The molecule has 49 heavy (non-hydrogen) atoms. The van der Waals surface area contributed by atoms with Crippen molar-refractivity contribution in [2.24, 2.45) is 0 Å². The lowest BCUT2D eigenvalue weighted by atomic mass is 10.1. The van der Waals surface area contributed by atoms with Gasteiger partial charge in [0.25, 0.3) is 0 Å². The van der Waals surface area contributed by atoms with Crippen molar-refractivity contribution in [1.29, 1.82) is 0 Å². The second-order valence-corrected chi connectivity index (χ2v) is 15.0. The number of aliphatic hydroxyl groups excluding tert-OH is 1. The molecule has 0 saturated heterocycles. The van der Waals surface area contributed by atoms with Crippen LogP contribution in [0.5, 0.6) is 0 Å². The summed E-state index contributed by atoms with van der Waals surface area (Å²) >= 11 is 0. The summed E-state index contributed by atoms with van der Waals surface area (Å²) in [5, 5.41) is 9.46. The van der Waals surface area contributed by atoms with Gasteiger partial charge < -0.3 is 19.1 Å². The van der Waals surface area contributed by atoms with Crippen molar-refractivity contribution in [1.82, 2.24) is 0 Å². The molecule has 0 aromatic heterocycles. The van der Waals surface area contributed by atoms with Crippen molar-refractivity contribution in [3.05, 3.63) is 24.3 Å². The van der Waals surface area contributed by atoms with E-state index in [0.29, 0.717) is 30.4 Å². The third-order valence-electron chi connectivity index (χ3n) is 9.42. The van der Waals surface area contributed by atoms with Crippen molar-refractivity contribution < 1.29 is 28.7 Å². The van der Waals surface area contributed by atoms with Crippen molar-refractivity contribution in [3.63, 3.8) is 0 Å². The van der Waals surface area contributed by atoms with Gasteiger partial charge in [0.2, 0.25) is 0 Å². The Morgan fingerprint density at radius 1 is 0.551 bits per heavy atom. The first kappa shape index (κ1) is 47.3. The molecule has 0 aliphatic rings. The van der Waals surface area contributed by atoms with E-state index in [1.165, 1.54) is 116 Å². The molecule has 0 heterocycles. The van der Waals surface area contributed by atoms with E-state index in [4.69, 9.17) is 9.47 Å². The number of carbonyl (C=O) groups is 2. The van der Waals surface area contributed by atoms with Crippen molar-refractivity contribution in [2.45, 2.75) is 200 Å². The molecule has 0 aliphatic heterocycles. The monoisotopic (exact) mass is 693 g/mol. The number of quaternary nitrogens is 1. The van der Waals surface area contributed by atoms with E-state index >= 15 is 0 Å². The Morgan fingerprint density at radius 3 is 1.33 bits per heavy atom. The van der Waals surface area contributed by atoms with Crippen molar-refractivity contribution in [2.75, 3.05) is 40.4 Å². The lowest BCUT2D eigenvalue weighted by Gasteiger charge is -2.32. The van der Waals surface area contributed by atoms with Crippen LogP contribution in [-0.2, 0) is 19.1 Å². The highest BCUT2D eigenvalue weighted by Crippen LogP contribution is 2.14. The maximum absolute atomic E-state index is 12.7. The molecule has 288 valence electrons. The highest BCUT2D eigenvalue weighted by Gasteiger charge is 2.26. The average Bonchev–Trinajstić information content (AvgIpc) is 3.07. The minimum absolute atomic E-state index is 0.0534. The van der Waals surface area contributed by atoms with Gasteiger partial charge in [0.05, 0.1) is 20.7 Å². The maximum atomic E-state index is 12.7. The van der Waals surface area contributed by atoms with Gasteiger partial charge in [0.15, 0.2) is 6.10 Å². The van der Waals surface area contributed by atoms with Crippen LogP contribution >= 0.6 is 0 Å². The molecule has 0 bridgehead atoms. The highest BCUT2D eigenvalue weighted by atomic mass is 16.6. The molecule has 1 atom stereocenters. The zero-order valence-electron chi connectivity index (χ0n) is 33.0. The molecule has 0 saturated carbocycles. The molecule has 0 aromatic rings. The predicted octanol–water partition coefficient (Wildman–Crippen LogP) is 11.6. The zero-order chi connectivity index (χ0) is 36.1. The molecule has 0 rings (SSSR count). The second-order valence-electron chi connectivity index (χ2n) is 15.0. The summed E-state index contributed by atoms with van der Waals surface area (Å²) in [6, 6.07) is 0. The lowest BCUT2D eigenvalue weighted by Crippen LogP contribution is -2.49. The Morgan fingerprint density at radius 2 is 0.918 bits per heavy atom. The number of carbonyl (C=O) groups excluding carboxylic acids is 2. The van der Waals surface area contributed by atoms with E-state index in [-0.39, 0.29) is 25.2 Å². The van der Waals surface area contributed by atoms with E-state index in [0.717, 1.165) is 51.4 Å². The number of unbranched alkanes of at least 4 members (excludes halogenated alkanes) is 22. The third kappa shape index (κ3) is 36.0. The lowest BCUT2D eigenvalue weighted by molar-refractivity contribution is -0.893. The molecule has 0 radical (unpaired) electrons. The summed E-state index contributed by atoms with van der Waals surface area (Å²) in [5.74, 6) is -0.441. The summed E-state index contributed by atoms with van der Waals surface area (Å²) < 4.78 is 11.9. The first-order valence-electron chi connectivity index (χ1n) is 20.9. The number of rotatable bonds is 37. The van der Waals surface area contributed by atoms with Gasteiger partial charge in [-0.2, -0.15) is 0 Å². The van der Waals surface area contributed by atoms with Crippen LogP contribution in [-0.4, -0.2) is 68.0 Å². The number of hydrogen-bond donors (Lipinski definition) is 1. The number of ether oxygens (including phenoxy) is 2. The standard InChI is InChI=1S/C43H82NO5/c1-5-7-9-11-13-15-17-19-21-23-25-27-29-31-33-35-42(46)48-40-41(39-44(3,4)37-38-45)49-43(47)36-34-32-30-28-26-24-22-20-18-16-14-12-10-8-6-2/h19-22,41,45H,5-18,23-40H2,1-4H3/q+1/b21-19-,22-20-. The van der Waals surface area contributed by atoms with Gasteiger partial charge in [-0.25, -0.2) is 0 Å². The Kier molecular flexibility index (Phi) is 34.9. The first-order valence-corrected chi connectivity index (χ1v) is 20.9. The van der Waals surface area contributed by atoms with Gasteiger partial charge in [0, 0.05) is 12.8 Å². The molecule has 0 amide bonds. The number of allylic oxidation sites excluding steroid dienone is 4. The summed E-state index contributed by atoms with van der Waals surface area (Å²) in [6.07, 6.45) is 41.4. The maximum Gasteiger partial charge on any atom is 0.306 e. The molecule has 6 heteroatoms. The molecule has 0 aliphatic carbocycles. The Balaban J connectivity index is 4.07. The smallest absolute Gasteiger partial charge is 0.306 e. The van der Waals surface area contributed by atoms with E-state index in [1.807, 2.05) is 14.1 Å². The summed E-state index contributed by atoms with van der Waals surface area (Å²) in [5.41, 5.74) is 0. The topological polar surface area (TPSA) is 72.8 Å². The van der Waals surface area contributed by atoms with Crippen molar-refractivity contribution in [3.8, 4) is 0 Å². The van der Waals surface area contributed by atoms with Gasteiger partial charge in [-0.15, -0.1) is 0 Å². The Bertz CT molecular complexity index is 793. The Labute approximate surface area is 304 Å². The molecule has 6 nitrogen and oxygen atoms in total. The number of esters is 2. The van der Waals surface area contributed by atoms with E-state index in [1.54, 1.807) is 0 Å². The summed E-state index contributed by atoms with van der Waals surface area (Å²) in [6.45, 7) is 5.70. The van der Waals surface area contributed by atoms with Crippen LogP contribution in [0.15, 0.2) is 24.3 Å². The van der Waals surface area contributed by atoms with E-state index in [2.05, 4.69) is 38.2 Å². The van der Waals surface area contributed by atoms with Gasteiger partial charge in [-0.3, -0.25) is 9.59 Å². The quantitative estimate of drug-likeness (QED) is 0.0304. The van der Waals surface area contributed by atoms with Crippen LogP contribution in [0.25, 0.3) is 0 Å². The SMILES string of the molecule is CCCCCCCC/C=C\CCCCCCCC(=O)OCC(C[N+](C)(C)CCO)OC(=O)CCCCCCC/C=C\CCCCCCCC. The van der Waals surface area contributed by atoms with Gasteiger partial charge >= 0.3 is 11.9 Å². The minimum atomic E-state index is -0.504. The van der Waals surface area contributed by atoms with Crippen LogP contribution in [0.1, 0.15) is 194 Å². The molecular formula is C43H82NO5+. The number of likely N-dealkylation sites (N-methyl/N-ethyl adjacent to an activating group) is 1. The largest absolute Gasteiger partial charge is 0.461 e. The fourth-order valence-electron chi connectivity index (χ4n) is 6.22. The van der Waals surface area contributed by atoms with Crippen molar-refractivity contribution >= 4 is 11.9 Å². The third-order valence-corrected chi connectivity index (χ3v) is 9.42. The minimum Gasteiger partial charge on any atom is -0.461 e. The van der Waals surface area contributed by atoms with Gasteiger partial charge in [-0.1, -0.05) is 141 Å². The summed E-state index contributed by atoms with van der Waals surface area (Å²) in [4.78, 5) is 25.1. The summed E-state index contributed by atoms with van der Waals surface area (Å²) in [7, 11) is 3.99. The fraction of sp³-hybridized carbons (Fsp3) is 0.860. The molecule has 1 unspecified atom stereocenters. The van der Waals surface area contributed by atoms with Gasteiger partial charge in [-0.05, 0) is 64.2 Å². The van der Waals surface area contributed by atoms with Crippen LogP contribution in [0.3, 0.4) is 0 Å². The normalized spacial score (nSPS) is 12.7. The van der Waals surface area contributed by atoms with Crippen LogP contribution in [0.4, 0.5) is 0 Å². The zero-order valence-corrected chi connectivity index (χ0v) is 33.0. The molecule has 1 N–H and O–H groups in total. The van der Waals surface area contributed by atoms with Crippen LogP contribution in [0, 0.1) is 0 Å². The molecular weight excluding hydrogens is 610 g/mol. The van der Waals surface area contributed by atoms with E-state index < -0.39 is 6.10 Å². The fourth-order valence-corrected chi connectivity index (χ4v) is 6.22. The van der Waals surface area contributed by atoms with Crippen LogP contribution < -0.4 is 0 Å². The Hall–Kier alpha value is -1.66. The van der Waals surface area contributed by atoms with E-state index in [9.17, 15) is 14.7 Å². The second kappa shape index (κ2) is 36.1. The van der Waals surface area contributed by atoms with Crippen LogP contribution in [0.2, 0.25) is 0 Å². The van der Waals surface area contributed by atoms with Gasteiger partial charge in [0.1, 0.15) is 19.7 Å². The highest BCUT2D eigenvalue weighted by molar-refractivity contribution is 5.70. The molecule has 0 fully saturated rings. The average molecular weight is 693 g/mol.